The molecule has 0 aliphatic heterocycles. The third-order valence-electron chi connectivity index (χ3n) is 3.44. The summed E-state index contributed by atoms with van der Waals surface area (Å²) in [5.41, 5.74) is 4.00. The van der Waals surface area contributed by atoms with Crippen molar-refractivity contribution >= 4 is 0 Å². The highest BCUT2D eigenvalue weighted by Crippen LogP contribution is 2.15. The molecule has 1 N–H and O–H groups in total. The van der Waals surface area contributed by atoms with Crippen molar-refractivity contribution < 1.29 is 4.39 Å². The lowest BCUT2D eigenvalue weighted by Crippen LogP contribution is -2.18. The summed E-state index contributed by atoms with van der Waals surface area (Å²) < 4.78 is 12.9. The summed E-state index contributed by atoms with van der Waals surface area (Å²) in [4.78, 5) is 0. The molecular weight excluding hydrogens is 251 g/mol. The van der Waals surface area contributed by atoms with Crippen molar-refractivity contribution in [1.82, 2.24) is 5.32 Å². The second-order valence-electron chi connectivity index (χ2n) is 4.91. The molecule has 0 bridgehead atoms. The Morgan fingerprint density at radius 1 is 1.20 bits per heavy atom. The van der Waals surface area contributed by atoms with Gasteiger partial charge in [-0.25, -0.2) is 4.39 Å². The van der Waals surface area contributed by atoms with Crippen LogP contribution >= 0.6 is 0 Å². The third kappa shape index (κ3) is 3.43. The minimum absolute atomic E-state index is 0.144. The van der Waals surface area contributed by atoms with Crippen molar-refractivity contribution in [2.45, 2.75) is 26.4 Å². The predicted octanol–water partition coefficient (Wildman–Crippen LogP) is 3.86. The Hall–Kier alpha value is -2.18. The SMILES string of the molecule is Cc1cc(C#N)ccc1CNC(C)c1ccc(F)cc1. The van der Waals surface area contributed by atoms with E-state index in [0.29, 0.717) is 5.56 Å². The number of benzene rings is 2. The first-order valence-electron chi connectivity index (χ1n) is 6.58. The number of halogens is 1. The van der Waals surface area contributed by atoms with Crippen molar-refractivity contribution in [3.8, 4) is 6.07 Å². The van der Waals surface area contributed by atoms with Crippen LogP contribution in [0.2, 0.25) is 0 Å². The summed E-state index contributed by atoms with van der Waals surface area (Å²) in [5, 5.41) is 12.3. The highest BCUT2D eigenvalue weighted by molar-refractivity contribution is 5.37. The third-order valence-corrected chi connectivity index (χ3v) is 3.44. The van der Waals surface area contributed by atoms with Crippen molar-refractivity contribution in [2.75, 3.05) is 0 Å². The maximum Gasteiger partial charge on any atom is 0.123 e. The zero-order valence-corrected chi connectivity index (χ0v) is 11.7. The lowest BCUT2D eigenvalue weighted by atomic mass is 10.0. The molecule has 2 aromatic rings. The predicted molar refractivity (Wildman–Crippen MR) is 77.5 cm³/mol. The van der Waals surface area contributed by atoms with Gasteiger partial charge in [0.1, 0.15) is 5.82 Å². The topological polar surface area (TPSA) is 35.8 Å². The summed E-state index contributed by atoms with van der Waals surface area (Å²) in [6, 6.07) is 14.5. The summed E-state index contributed by atoms with van der Waals surface area (Å²) in [5.74, 6) is -0.219. The Balaban J connectivity index is 2.01. The van der Waals surface area contributed by atoms with Crippen LogP contribution in [-0.4, -0.2) is 0 Å². The van der Waals surface area contributed by atoms with Crippen LogP contribution in [0.5, 0.6) is 0 Å². The number of nitrogens with one attached hydrogen (secondary N) is 1. The Morgan fingerprint density at radius 2 is 1.90 bits per heavy atom. The highest BCUT2D eigenvalue weighted by Gasteiger charge is 2.06. The van der Waals surface area contributed by atoms with E-state index in [1.165, 1.54) is 12.1 Å². The molecule has 0 aliphatic carbocycles. The zero-order valence-electron chi connectivity index (χ0n) is 11.7. The maximum atomic E-state index is 12.9. The van der Waals surface area contributed by atoms with Gasteiger partial charge in [0.05, 0.1) is 11.6 Å². The number of nitriles is 1. The second-order valence-corrected chi connectivity index (χ2v) is 4.91. The molecule has 20 heavy (non-hydrogen) atoms. The molecule has 102 valence electrons. The second kappa shape index (κ2) is 6.31. The molecule has 2 rings (SSSR count). The summed E-state index contributed by atoms with van der Waals surface area (Å²) in [6.07, 6.45) is 0. The van der Waals surface area contributed by atoms with Gasteiger partial charge in [0.2, 0.25) is 0 Å². The normalized spacial score (nSPS) is 11.9. The van der Waals surface area contributed by atoms with Gasteiger partial charge in [0.15, 0.2) is 0 Å². The van der Waals surface area contributed by atoms with Crippen molar-refractivity contribution in [2.24, 2.45) is 0 Å². The lowest BCUT2D eigenvalue weighted by Gasteiger charge is -2.15. The quantitative estimate of drug-likeness (QED) is 0.914. The van der Waals surface area contributed by atoms with Crippen LogP contribution < -0.4 is 5.32 Å². The van der Waals surface area contributed by atoms with Gasteiger partial charge in [-0.05, 0) is 54.8 Å². The average Bonchev–Trinajstić information content (AvgIpc) is 2.46. The number of nitrogens with zero attached hydrogens (tertiary/aromatic N) is 1. The van der Waals surface area contributed by atoms with Gasteiger partial charge >= 0.3 is 0 Å². The molecule has 0 saturated heterocycles. The van der Waals surface area contributed by atoms with Crippen molar-refractivity contribution in [3.63, 3.8) is 0 Å². The van der Waals surface area contributed by atoms with Crippen LogP contribution in [0.25, 0.3) is 0 Å². The summed E-state index contributed by atoms with van der Waals surface area (Å²) in [6.45, 7) is 4.77. The first-order chi connectivity index (χ1) is 9.60. The smallest absolute Gasteiger partial charge is 0.123 e. The maximum absolute atomic E-state index is 12.9. The molecule has 0 aromatic heterocycles. The van der Waals surface area contributed by atoms with Crippen molar-refractivity contribution in [3.05, 3.63) is 70.5 Å². The first kappa shape index (κ1) is 14.2. The fraction of sp³-hybridized carbons (Fsp3) is 0.235. The van der Waals surface area contributed by atoms with Crippen LogP contribution in [0.4, 0.5) is 4.39 Å². The first-order valence-corrected chi connectivity index (χ1v) is 6.58. The van der Waals surface area contributed by atoms with E-state index in [9.17, 15) is 4.39 Å². The van der Waals surface area contributed by atoms with E-state index in [-0.39, 0.29) is 11.9 Å². The molecule has 0 aliphatic rings. The van der Waals surface area contributed by atoms with E-state index < -0.39 is 0 Å². The number of hydrogen-bond donors (Lipinski definition) is 1. The van der Waals surface area contributed by atoms with Crippen LogP contribution in [-0.2, 0) is 6.54 Å². The van der Waals surface area contributed by atoms with Crippen LogP contribution in [0.1, 0.15) is 35.2 Å². The largest absolute Gasteiger partial charge is 0.306 e. The lowest BCUT2D eigenvalue weighted by molar-refractivity contribution is 0.570. The molecule has 0 amide bonds. The minimum Gasteiger partial charge on any atom is -0.306 e. The van der Waals surface area contributed by atoms with Gasteiger partial charge in [0.25, 0.3) is 0 Å². The fourth-order valence-corrected chi connectivity index (χ4v) is 2.10. The molecule has 0 heterocycles. The van der Waals surface area contributed by atoms with Gasteiger partial charge in [-0.3, -0.25) is 0 Å². The van der Waals surface area contributed by atoms with E-state index in [1.807, 2.05) is 32.0 Å². The fourth-order valence-electron chi connectivity index (χ4n) is 2.10. The van der Waals surface area contributed by atoms with Gasteiger partial charge in [0, 0.05) is 12.6 Å². The van der Waals surface area contributed by atoms with Gasteiger partial charge < -0.3 is 5.32 Å². The number of rotatable bonds is 4. The Labute approximate surface area is 118 Å². The minimum atomic E-state index is -0.219. The summed E-state index contributed by atoms with van der Waals surface area (Å²) >= 11 is 0. The van der Waals surface area contributed by atoms with Gasteiger partial charge in [-0.2, -0.15) is 5.26 Å². The summed E-state index contributed by atoms with van der Waals surface area (Å²) in [7, 11) is 0. The monoisotopic (exact) mass is 268 g/mol. The van der Waals surface area contributed by atoms with Crippen molar-refractivity contribution in [1.29, 1.82) is 5.26 Å². The highest BCUT2D eigenvalue weighted by atomic mass is 19.1. The Bertz CT molecular complexity index is 626. The molecular formula is C17H17FN2. The molecule has 1 unspecified atom stereocenters. The zero-order chi connectivity index (χ0) is 14.5. The number of hydrogen-bond acceptors (Lipinski definition) is 2. The van der Waals surface area contributed by atoms with Crippen LogP contribution in [0, 0.1) is 24.1 Å². The van der Waals surface area contributed by atoms with Gasteiger partial charge in [-0.15, -0.1) is 0 Å². The van der Waals surface area contributed by atoms with E-state index in [4.69, 9.17) is 5.26 Å². The van der Waals surface area contributed by atoms with E-state index in [1.54, 1.807) is 12.1 Å². The molecule has 0 fully saturated rings. The molecule has 0 saturated carbocycles. The average molecular weight is 268 g/mol. The van der Waals surface area contributed by atoms with E-state index in [0.717, 1.165) is 23.2 Å². The standard InChI is InChI=1S/C17H17FN2/c1-12-9-14(10-19)3-4-16(12)11-20-13(2)15-5-7-17(18)8-6-15/h3-9,13,20H,11H2,1-2H3. The van der Waals surface area contributed by atoms with Crippen LogP contribution in [0.15, 0.2) is 42.5 Å². The Morgan fingerprint density at radius 3 is 2.50 bits per heavy atom. The van der Waals surface area contributed by atoms with Gasteiger partial charge in [-0.1, -0.05) is 18.2 Å². The van der Waals surface area contributed by atoms with E-state index in [2.05, 4.69) is 11.4 Å². The Kier molecular flexibility index (Phi) is 4.49. The molecule has 1 atom stereocenters. The number of aryl methyl sites for hydroxylation is 1. The molecule has 0 spiro atoms. The van der Waals surface area contributed by atoms with Crippen LogP contribution in [0.3, 0.4) is 0 Å². The molecule has 3 heteroatoms. The van der Waals surface area contributed by atoms with E-state index >= 15 is 0 Å². The molecule has 2 nitrogen and oxygen atoms in total. The molecule has 0 radical (unpaired) electrons. The molecule has 2 aromatic carbocycles.